The fraction of sp³-hybridized carbons (Fsp3) is 0.444. The molecule has 3 aromatic rings. The summed E-state index contributed by atoms with van der Waals surface area (Å²) in [6.07, 6.45) is -0.688. The zero-order chi connectivity index (χ0) is 25.4. The van der Waals surface area contributed by atoms with Crippen molar-refractivity contribution in [2.24, 2.45) is 0 Å². The molecule has 0 fully saturated rings. The fourth-order valence-electron chi connectivity index (χ4n) is 3.58. The van der Waals surface area contributed by atoms with E-state index in [4.69, 9.17) is 19.3 Å². The van der Waals surface area contributed by atoms with Gasteiger partial charge in [0.2, 0.25) is 5.88 Å². The van der Waals surface area contributed by atoms with Gasteiger partial charge in [0.25, 0.3) is 0 Å². The molecule has 0 aliphatic carbocycles. The monoisotopic (exact) mass is 485 g/mol. The van der Waals surface area contributed by atoms with Crippen LogP contribution in [0.15, 0.2) is 54.6 Å². The second-order valence-corrected chi connectivity index (χ2v) is 9.45. The Balaban J connectivity index is 1.93. The first-order chi connectivity index (χ1) is 16.7. The van der Waals surface area contributed by atoms with E-state index in [9.17, 15) is 9.50 Å². The Morgan fingerprint density at radius 2 is 1.77 bits per heavy atom. The highest BCUT2D eigenvalue weighted by Gasteiger charge is 2.24. The van der Waals surface area contributed by atoms with E-state index in [2.05, 4.69) is 4.90 Å². The second kappa shape index (κ2) is 12.3. The zero-order valence-electron chi connectivity index (χ0n) is 21.2. The van der Waals surface area contributed by atoms with Crippen LogP contribution in [0.1, 0.15) is 32.0 Å². The molecule has 1 unspecified atom stereocenters. The number of ether oxygens (including phenoxy) is 3. The minimum Gasteiger partial charge on any atom is -0.435 e. The minimum atomic E-state index is -0.688. The van der Waals surface area contributed by atoms with Crippen LogP contribution in [0.2, 0.25) is 0 Å². The molecule has 0 saturated heterocycles. The van der Waals surface area contributed by atoms with Gasteiger partial charge in [0.1, 0.15) is 0 Å². The summed E-state index contributed by atoms with van der Waals surface area (Å²) in [6, 6.07) is 15.9. The number of rotatable bonds is 12. The van der Waals surface area contributed by atoms with Gasteiger partial charge in [-0.2, -0.15) is 5.10 Å². The molecule has 0 radical (unpaired) electrons. The van der Waals surface area contributed by atoms with Gasteiger partial charge in [-0.25, -0.2) is 9.07 Å². The highest BCUT2D eigenvalue weighted by atomic mass is 19.1. The predicted octanol–water partition coefficient (Wildman–Crippen LogP) is 4.74. The molecule has 0 bridgehead atoms. The Morgan fingerprint density at radius 1 is 1.09 bits per heavy atom. The van der Waals surface area contributed by atoms with Crippen molar-refractivity contribution in [2.75, 3.05) is 33.4 Å². The molecule has 7 nitrogen and oxygen atoms in total. The number of hydrogen-bond donors (Lipinski definition) is 1. The van der Waals surface area contributed by atoms with Crippen LogP contribution in [0, 0.1) is 12.7 Å². The maximum atomic E-state index is 14.5. The lowest BCUT2D eigenvalue weighted by molar-refractivity contribution is -0.0577. The zero-order valence-corrected chi connectivity index (χ0v) is 21.2. The maximum absolute atomic E-state index is 14.5. The van der Waals surface area contributed by atoms with Gasteiger partial charge in [-0.1, -0.05) is 30.3 Å². The summed E-state index contributed by atoms with van der Waals surface area (Å²) in [7, 11) is 1.64. The number of methoxy groups -OCH3 is 1. The van der Waals surface area contributed by atoms with Gasteiger partial charge in [0.05, 0.1) is 41.9 Å². The summed E-state index contributed by atoms with van der Waals surface area (Å²) in [4.78, 5) is 2.06. The number of nitrogens with zero attached hydrogens (tertiary/aromatic N) is 3. The van der Waals surface area contributed by atoms with E-state index < -0.39 is 11.9 Å². The predicted molar refractivity (Wildman–Crippen MR) is 134 cm³/mol. The molecule has 0 aliphatic rings. The third-order valence-electron chi connectivity index (χ3n) is 5.35. The molecule has 35 heavy (non-hydrogen) atoms. The molecule has 2 aromatic carbocycles. The smallest absolute Gasteiger partial charge is 0.227 e. The molecule has 1 heterocycles. The van der Waals surface area contributed by atoms with Gasteiger partial charge >= 0.3 is 0 Å². The van der Waals surface area contributed by atoms with Gasteiger partial charge in [0, 0.05) is 26.7 Å². The SMILES string of the molecule is COCCN(Cc1c(C)nn(-c2ccccc2)c1Oc1ccccc1F)CC(O)COC(C)(C)C. The summed E-state index contributed by atoms with van der Waals surface area (Å²) >= 11 is 0. The molecule has 1 N–H and O–H groups in total. The van der Waals surface area contributed by atoms with Crippen LogP contribution >= 0.6 is 0 Å². The second-order valence-electron chi connectivity index (χ2n) is 9.45. The molecule has 1 atom stereocenters. The van der Waals surface area contributed by atoms with Crippen molar-refractivity contribution < 1.29 is 23.7 Å². The van der Waals surface area contributed by atoms with Crippen LogP contribution in [0.25, 0.3) is 5.69 Å². The van der Waals surface area contributed by atoms with Crippen LogP contribution < -0.4 is 4.74 Å². The Hall–Kier alpha value is -2.78. The molecule has 0 spiro atoms. The Morgan fingerprint density at radius 3 is 2.43 bits per heavy atom. The average Bonchev–Trinajstić information content (AvgIpc) is 3.12. The molecule has 3 rings (SSSR count). The number of para-hydroxylation sites is 2. The van der Waals surface area contributed by atoms with E-state index in [1.807, 2.05) is 58.0 Å². The van der Waals surface area contributed by atoms with Crippen molar-refractivity contribution in [3.63, 3.8) is 0 Å². The van der Waals surface area contributed by atoms with Gasteiger partial charge in [0.15, 0.2) is 11.6 Å². The van der Waals surface area contributed by atoms with Gasteiger partial charge in [-0.15, -0.1) is 0 Å². The molecule has 190 valence electrons. The minimum absolute atomic E-state index is 0.118. The van der Waals surface area contributed by atoms with Crippen molar-refractivity contribution in [3.8, 4) is 17.3 Å². The standard InChI is InChI=1S/C27H36FN3O4/c1-20-23(18-30(15-16-33-5)17-22(32)19-34-27(2,3)4)26(35-25-14-10-9-13-24(25)28)31(29-20)21-11-7-6-8-12-21/h6-14,22,32H,15-19H2,1-5H3. The lowest BCUT2D eigenvalue weighted by Crippen LogP contribution is -2.38. The first-order valence-electron chi connectivity index (χ1n) is 11.8. The molecular weight excluding hydrogens is 449 g/mol. The number of aromatic nitrogens is 2. The van der Waals surface area contributed by atoms with E-state index in [-0.39, 0.29) is 18.0 Å². The molecule has 1 aromatic heterocycles. The van der Waals surface area contributed by atoms with Crippen LogP contribution in [0.3, 0.4) is 0 Å². The largest absolute Gasteiger partial charge is 0.435 e. The molecule has 0 aliphatic heterocycles. The van der Waals surface area contributed by atoms with Gasteiger partial charge < -0.3 is 19.3 Å². The van der Waals surface area contributed by atoms with E-state index in [0.717, 1.165) is 16.9 Å². The van der Waals surface area contributed by atoms with Crippen LogP contribution in [-0.4, -0.2) is 64.9 Å². The first kappa shape index (κ1) is 26.8. The van der Waals surface area contributed by atoms with E-state index in [1.165, 1.54) is 6.07 Å². The van der Waals surface area contributed by atoms with Crippen molar-refractivity contribution in [1.29, 1.82) is 0 Å². The number of halogens is 1. The number of hydrogen-bond acceptors (Lipinski definition) is 6. The highest BCUT2D eigenvalue weighted by molar-refractivity contribution is 5.43. The molecular formula is C27H36FN3O4. The summed E-state index contributed by atoms with van der Waals surface area (Å²) in [5.41, 5.74) is 2.02. The summed E-state index contributed by atoms with van der Waals surface area (Å²) < 4.78 is 33.4. The van der Waals surface area contributed by atoms with Gasteiger partial charge in [-0.05, 0) is 52.0 Å². The Labute approximate surface area is 207 Å². The topological polar surface area (TPSA) is 69.0 Å². The summed E-state index contributed by atoms with van der Waals surface area (Å²) in [6.45, 7) is 9.85. The quantitative estimate of drug-likeness (QED) is 0.400. The molecule has 0 amide bonds. The first-order valence-corrected chi connectivity index (χ1v) is 11.8. The fourth-order valence-corrected chi connectivity index (χ4v) is 3.58. The van der Waals surface area contributed by atoms with Crippen molar-refractivity contribution in [2.45, 2.75) is 45.9 Å². The number of aryl methyl sites for hydroxylation is 1. The number of benzene rings is 2. The van der Waals surface area contributed by atoms with Crippen molar-refractivity contribution in [3.05, 3.63) is 71.7 Å². The number of aliphatic hydroxyl groups is 1. The van der Waals surface area contributed by atoms with E-state index in [1.54, 1.807) is 30.0 Å². The van der Waals surface area contributed by atoms with Crippen molar-refractivity contribution >= 4 is 0 Å². The molecule has 0 saturated carbocycles. The van der Waals surface area contributed by atoms with Crippen LogP contribution in [0.4, 0.5) is 4.39 Å². The van der Waals surface area contributed by atoms with Crippen LogP contribution in [-0.2, 0) is 16.0 Å². The lowest BCUT2D eigenvalue weighted by Gasteiger charge is -2.27. The maximum Gasteiger partial charge on any atom is 0.227 e. The highest BCUT2D eigenvalue weighted by Crippen LogP contribution is 2.32. The normalized spacial score (nSPS) is 12.8. The van der Waals surface area contributed by atoms with E-state index >= 15 is 0 Å². The molecule has 8 heteroatoms. The summed E-state index contributed by atoms with van der Waals surface area (Å²) in [5, 5.41) is 15.4. The van der Waals surface area contributed by atoms with E-state index in [0.29, 0.717) is 32.1 Å². The van der Waals surface area contributed by atoms with Gasteiger partial charge in [-0.3, -0.25) is 4.90 Å². The average molecular weight is 486 g/mol. The van der Waals surface area contributed by atoms with Crippen molar-refractivity contribution in [1.82, 2.24) is 14.7 Å². The lowest BCUT2D eigenvalue weighted by atomic mass is 10.2. The number of aliphatic hydroxyl groups excluding tert-OH is 1. The van der Waals surface area contributed by atoms with Crippen LogP contribution in [0.5, 0.6) is 11.6 Å². The third-order valence-corrected chi connectivity index (χ3v) is 5.35. The Bertz CT molecular complexity index is 1070. The Kier molecular flexibility index (Phi) is 9.40. The third kappa shape index (κ3) is 7.86. The summed E-state index contributed by atoms with van der Waals surface area (Å²) in [5.74, 6) is 0.0948.